The van der Waals surface area contributed by atoms with Gasteiger partial charge in [-0.2, -0.15) is 0 Å². The quantitative estimate of drug-likeness (QED) is 0.590. The Labute approximate surface area is 177 Å². The van der Waals surface area contributed by atoms with Gasteiger partial charge in [-0.05, 0) is 36.8 Å². The molecule has 0 spiro atoms. The summed E-state index contributed by atoms with van der Waals surface area (Å²) in [4.78, 5) is 4.88. The lowest BCUT2D eigenvalue weighted by Crippen LogP contribution is -2.47. The molecule has 0 saturated carbocycles. The third kappa shape index (κ3) is 4.96. The highest BCUT2D eigenvalue weighted by molar-refractivity contribution is 5.54. The third-order valence-electron chi connectivity index (χ3n) is 5.56. The van der Waals surface area contributed by atoms with Gasteiger partial charge in [0.05, 0.1) is 13.2 Å². The first-order valence-electron chi connectivity index (χ1n) is 10.4. The van der Waals surface area contributed by atoms with E-state index in [2.05, 4.69) is 63.3 Å². The van der Waals surface area contributed by atoms with Gasteiger partial charge in [0.2, 0.25) is 11.8 Å². The van der Waals surface area contributed by atoms with Crippen molar-refractivity contribution in [3.8, 4) is 17.2 Å². The lowest BCUT2D eigenvalue weighted by Gasteiger charge is -2.36. The number of nitrogens with zero attached hydrogens (tertiary/aromatic N) is 4. The second kappa shape index (κ2) is 9.69. The molecule has 156 valence electrons. The molecule has 0 radical (unpaired) electrons. The van der Waals surface area contributed by atoms with E-state index >= 15 is 0 Å². The van der Waals surface area contributed by atoms with Crippen molar-refractivity contribution >= 4 is 6.08 Å². The Bertz CT molecular complexity index is 945. The Morgan fingerprint density at radius 3 is 2.43 bits per heavy atom. The van der Waals surface area contributed by atoms with Crippen LogP contribution in [0.2, 0.25) is 0 Å². The van der Waals surface area contributed by atoms with Crippen LogP contribution in [-0.2, 0) is 0 Å². The Morgan fingerprint density at radius 1 is 1.00 bits per heavy atom. The number of methoxy groups -OCH3 is 1. The van der Waals surface area contributed by atoms with Crippen molar-refractivity contribution in [3.63, 3.8) is 0 Å². The van der Waals surface area contributed by atoms with Crippen LogP contribution in [0, 0.1) is 0 Å². The molecule has 1 aromatic heterocycles. The SMILES string of the molecule is COc1ccc(-c2nnc([C@H](C)N3CCN(C/C=C/c4ccccc4)CC3)o2)cc1. The van der Waals surface area contributed by atoms with E-state index in [4.69, 9.17) is 9.15 Å². The Kier molecular flexibility index (Phi) is 6.57. The molecule has 2 aromatic carbocycles. The number of rotatable bonds is 7. The maximum absolute atomic E-state index is 5.97. The first-order chi connectivity index (χ1) is 14.7. The van der Waals surface area contributed by atoms with E-state index in [-0.39, 0.29) is 6.04 Å². The fourth-order valence-electron chi connectivity index (χ4n) is 3.65. The molecule has 1 atom stereocenters. The molecule has 1 fully saturated rings. The highest BCUT2D eigenvalue weighted by Crippen LogP contribution is 2.26. The van der Waals surface area contributed by atoms with Crippen LogP contribution in [0.25, 0.3) is 17.5 Å². The minimum absolute atomic E-state index is 0.103. The fourth-order valence-corrected chi connectivity index (χ4v) is 3.65. The summed E-state index contributed by atoms with van der Waals surface area (Å²) in [6, 6.07) is 18.2. The highest BCUT2D eigenvalue weighted by atomic mass is 16.5. The van der Waals surface area contributed by atoms with Crippen molar-refractivity contribution in [3.05, 3.63) is 72.1 Å². The number of benzene rings is 2. The maximum Gasteiger partial charge on any atom is 0.247 e. The zero-order valence-corrected chi connectivity index (χ0v) is 17.6. The second-order valence-corrected chi connectivity index (χ2v) is 7.50. The van der Waals surface area contributed by atoms with Crippen molar-refractivity contribution in [2.45, 2.75) is 13.0 Å². The van der Waals surface area contributed by atoms with Crippen LogP contribution in [0.3, 0.4) is 0 Å². The molecule has 1 aliphatic rings. The number of ether oxygens (including phenoxy) is 1. The van der Waals surface area contributed by atoms with Crippen LogP contribution in [0.5, 0.6) is 5.75 Å². The van der Waals surface area contributed by atoms with E-state index in [0.29, 0.717) is 11.8 Å². The molecule has 0 bridgehead atoms. The van der Waals surface area contributed by atoms with Gasteiger partial charge < -0.3 is 9.15 Å². The normalized spacial score (nSPS) is 16.7. The van der Waals surface area contributed by atoms with Crippen molar-refractivity contribution in [2.24, 2.45) is 0 Å². The van der Waals surface area contributed by atoms with Gasteiger partial charge in [-0.3, -0.25) is 9.80 Å². The Hall–Kier alpha value is -2.96. The molecule has 1 saturated heterocycles. The smallest absolute Gasteiger partial charge is 0.247 e. The lowest BCUT2D eigenvalue weighted by atomic mass is 10.2. The van der Waals surface area contributed by atoms with Gasteiger partial charge in [-0.15, -0.1) is 10.2 Å². The van der Waals surface area contributed by atoms with Crippen LogP contribution in [-0.4, -0.2) is 59.8 Å². The van der Waals surface area contributed by atoms with Gasteiger partial charge in [-0.25, -0.2) is 0 Å². The molecule has 0 amide bonds. The minimum atomic E-state index is 0.103. The van der Waals surface area contributed by atoms with E-state index in [0.717, 1.165) is 44.0 Å². The van der Waals surface area contributed by atoms with Crippen molar-refractivity contribution in [2.75, 3.05) is 39.8 Å². The van der Waals surface area contributed by atoms with Crippen LogP contribution in [0.4, 0.5) is 0 Å². The minimum Gasteiger partial charge on any atom is -0.497 e. The van der Waals surface area contributed by atoms with Gasteiger partial charge in [-0.1, -0.05) is 42.5 Å². The molecule has 6 heteroatoms. The average Bonchev–Trinajstić information content (AvgIpc) is 3.30. The van der Waals surface area contributed by atoms with Crippen LogP contribution < -0.4 is 4.74 Å². The van der Waals surface area contributed by atoms with Crippen molar-refractivity contribution in [1.29, 1.82) is 0 Å². The molecule has 1 aliphatic heterocycles. The van der Waals surface area contributed by atoms with E-state index < -0.39 is 0 Å². The second-order valence-electron chi connectivity index (χ2n) is 7.50. The standard InChI is InChI=1S/C24H28N4O2/c1-19(23-25-26-24(30-23)21-10-12-22(29-2)13-11-21)28-17-15-27(16-18-28)14-6-9-20-7-4-3-5-8-20/h3-13,19H,14-18H2,1-2H3/b9-6+/t19-/m0/s1. The molecule has 6 nitrogen and oxygen atoms in total. The molecule has 4 rings (SSSR count). The number of hydrogen-bond donors (Lipinski definition) is 0. The highest BCUT2D eigenvalue weighted by Gasteiger charge is 2.25. The van der Waals surface area contributed by atoms with Crippen LogP contribution in [0.15, 0.2) is 65.1 Å². The van der Waals surface area contributed by atoms with E-state index in [1.807, 2.05) is 30.3 Å². The topological polar surface area (TPSA) is 54.6 Å². The summed E-state index contributed by atoms with van der Waals surface area (Å²) in [6.07, 6.45) is 4.43. The molecule has 0 unspecified atom stereocenters. The van der Waals surface area contributed by atoms with Gasteiger partial charge in [0.15, 0.2) is 0 Å². The Balaban J connectivity index is 1.29. The zero-order valence-electron chi connectivity index (χ0n) is 17.6. The number of hydrogen-bond acceptors (Lipinski definition) is 6. The Morgan fingerprint density at radius 2 is 1.73 bits per heavy atom. The van der Waals surface area contributed by atoms with Gasteiger partial charge in [0, 0.05) is 38.3 Å². The van der Waals surface area contributed by atoms with Crippen LogP contribution >= 0.6 is 0 Å². The first-order valence-corrected chi connectivity index (χ1v) is 10.4. The molecule has 0 aliphatic carbocycles. The molecule has 2 heterocycles. The van der Waals surface area contributed by atoms with Crippen molar-refractivity contribution < 1.29 is 9.15 Å². The summed E-state index contributed by atoms with van der Waals surface area (Å²) < 4.78 is 11.2. The summed E-state index contributed by atoms with van der Waals surface area (Å²) in [6.45, 7) is 7.14. The largest absolute Gasteiger partial charge is 0.497 e. The summed E-state index contributed by atoms with van der Waals surface area (Å²) >= 11 is 0. The van der Waals surface area contributed by atoms with E-state index in [1.54, 1.807) is 7.11 Å². The number of piperazine rings is 1. The van der Waals surface area contributed by atoms with Gasteiger partial charge in [0.25, 0.3) is 0 Å². The monoisotopic (exact) mass is 404 g/mol. The summed E-state index contributed by atoms with van der Waals surface area (Å²) in [5, 5.41) is 8.54. The summed E-state index contributed by atoms with van der Waals surface area (Å²) in [5.41, 5.74) is 2.14. The third-order valence-corrected chi connectivity index (χ3v) is 5.56. The predicted octanol–water partition coefficient (Wildman–Crippen LogP) is 4.14. The van der Waals surface area contributed by atoms with Crippen LogP contribution in [0.1, 0.15) is 24.4 Å². The van der Waals surface area contributed by atoms with E-state index in [1.165, 1.54) is 5.56 Å². The molecule has 3 aromatic rings. The number of aromatic nitrogens is 2. The summed E-state index contributed by atoms with van der Waals surface area (Å²) in [7, 11) is 1.65. The van der Waals surface area contributed by atoms with Gasteiger partial charge in [0.1, 0.15) is 5.75 Å². The lowest BCUT2D eigenvalue weighted by molar-refractivity contribution is 0.0984. The van der Waals surface area contributed by atoms with E-state index in [9.17, 15) is 0 Å². The average molecular weight is 405 g/mol. The van der Waals surface area contributed by atoms with Gasteiger partial charge >= 0.3 is 0 Å². The fraction of sp³-hybridized carbons (Fsp3) is 0.333. The molecular weight excluding hydrogens is 376 g/mol. The summed E-state index contributed by atoms with van der Waals surface area (Å²) in [5.74, 6) is 2.02. The molecule has 0 N–H and O–H groups in total. The maximum atomic E-state index is 5.97. The molecular formula is C24H28N4O2. The molecule has 30 heavy (non-hydrogen) atoms. The predicted molar refractivity (Wildman–Crippen MR) is 118 cm³/mol. The zero-order chi connectivity index (χ0) is 20.8. The van der Waals surface area contributed by atoms with Crippen molar-refractivity contribution in [1.82, 2.24) is 20.0 Å². The first kappa shape index (κ1) is 20.3.